The number of hydrogen-bond donors (Lipinski definition) is 1. The van der Waals surface area contributed by atoms with Crippen LogP contribution in [-0.2, 0) is 5.72 Å². The molecule has 7 heteroatoms. The van der Waals surface area contributed by atoms with Crippen molar-refractivity contribution in [2.24, 2.45) is 0 Å². The average molecular weight is 415 g/mol. The van der Waals surface area contributed by atoms with E-state index in [1.165, 1.54) is 12.1 Å². The molecule has 0 spiro atoms. The van der Waals surface area contributed by atoms with Crippen molar-refractivity contribution in [3.8, 4) is 11.5 Å². The normalized spacial score (nSPS) is 21.9. The van der Waals surface area contributed by atoms with Crippen molar-refractivity contribution in [1.29, 1.82) is 0 Å². The van der Waals surface area contributed by atoms with E-state index in [-0.39, 0.29) is 11.7 Å². The summed E-state index contributed by atoms with van der Waals surface area (Å²) in [6.45, 7) is 1.97. The molecular formula is C24H21N3O4. The number of nitro benzene ring substituents is 1. The minimum Gasteiger partial charge on any atom is -0.497 e. The van der Waals surface area contributed by atoms with Gasteiger partial charge in [-0.1, -0.05) is 18.2 Å². The van der Waals surface area contributed by atoms with Crippen molar-refractivity contribution in [3.05, 3.63) is 106 Å². The standard InChI is InChI=1S/C24H21N3O4/c1-24(17-9-11-18(12-10-17)27(28)29)26-22(20-5-3-4-6-23(20)31-24)15-21(25-26)16-7-13-19(30-2)14-8-16/h3-15,22,25H,1-2H3/t22-,24-/m0/s1. The molecule has 2 aliphatic heterocycles. The lowest BCUT2D eigenvalue weighted by Crippen LogP contribution is -2.55. The van der Waals surface area contributed by atoms with Gasteiger partial charge in [0.1, 0.15) is 11.5 Å². The first-order valence-electron chi connectivity index (χ1n) is 9.95. The summed E-state index contributed by atoms with van der Waals surface area (Å²) in [5.74, 6) is 1.59. The zero-order valence-electron chi connectivity index (χ0n) is 17.1. The number of fused-ring (bicyclic) bond motifs is 3. The highest BCUT2D eigenvalue weighted by Gasteiger charge is 2.48. The molecule has 2 heterocycles. The number of nitrogens with zero attached hydrogens (tertiary/aromatic N) is 2. The Balaban J connectivity index is 1.57. The van der Waals surface area contributed by atoms with Crippen molar-refractivity contribution in [2.75, 3.05) is 7.11 Å². The summed E-state index contributed by atoms with van der Waals surface area (Å²) in [5, 5.41) is 13.1. The number of methoxy groups -OCH3 is 1. The van der Waals surface area contributed by atoms with Gasteiger partial charge in [-0.2, -0.15) is 5.01 Å². The molecule has 0 unspecified atom stereocenters. The summed E-state index contributed by atoms with van der Waals surface area (Å²) < 4.78 is 11.8. The topological polar surface area (TPSA) is 76.9 Å². The van der Waals surface area contributed by atoms with Gasteiger partial charge >= 0.3 is 0 Å². The molecule has 3 aromatic rings. The van der Waals surface area contributed by atoms with Gasteiger partial charge in [-0.15, -0.1) is 0 Å². The van der Waals surface area contributed by atoms with Gasteiger partial charge in [-0.25, -0.2) is 0 Å². The van der Waals surface area contributed by atoms with E-state index in [1.807, 2.05) is 49.4 Å². The third-order valence-electron chi connectivity index (χ3n) is 5.86. The number of nitrogens with one attached hydrogen (secondary N) is 1. The van der Waals surface area contributed by atoms with Crippen LogP contribution in [0.15, 0.2) is 78.9 Å². The first-order chi connectivity index (χ1) is 15.0. The minimum absolute atomic E-state index is 0.0477. The summed E-state index contributed by atoms with van der Waals surface area (Å²) in [6.07, 6.45) is 2.17. The predicted molar refractivity (Wildman–Crippen MR) is 116 cm³/mol. The van der Waals surface area contributed by atoms with Crippen molar-refractivity contribution >= 4 is 11.4 Å². The molecule has 31 heavy (non-hydrogen) atoms. The maximum absolute atomic E-state index is 11.1. The third-order valence-corrected chi connectivity index (χ3v) is 5.86. The summed E-state index contributed by atoms with van der Waals surface area (Å²) >= 11 is 0. The Labute approximate surface area is 179 Å². The SMILES string of the molecule is COc1ccc(C2=C[C@H]3c4ccccc4O[C@@](C)(c4ccc([N+](=O)[O-])cc4)N3N2)cc1. The fourth-order valence-corrected chi connectivity index (χ4v) is 4.17. The smallest absolute Gasteiger partial charge is 0.269 e. The Morgan fingerprint density at radius 3 is 2.45 bits per heavy atom. The van der Waals surface area contributed by atoms with Crippen LogP contribution in [0.1, 0.15) is 29.7 Å². The van der Waals surface area contributed by atoms with Gasteiger partial charge in [0.05, 0.1) is 23.8 Å². The largest absolute Gasteiger partial charge is 0.497 e. The zero-order valence-corrected chi connectivity index (χ0v) is 17.1. The maximum Gasteiger partial charge on any atom is 0.269 e. The molecule has 3 aromatic carbocycles. The van der Waals surface area contributed by atoms with Crippen LogP contribution in [0.5, 0.6) is 11.5 Å². The van der Waals surface area contributed by atoms with Crippen LogP contribution in [0.4, 0.5) is 5.69 Å². The Kier molecular flexibility index (Phi) is 4.41. The average Bonchev–Trinajstić information content (AvgIpc) is 3.26. The van der Waals surface area contributed by atoms with Crippen LogP contribution in [0.2, 0.25) is 0 Å². The first-order valence-corrected chi connectivity index (χ1v) is 9.95. The molecule has 0 aromatic heterocycles. The van der Waals surface area contributed by atoms with Crippen molar-refractivity contribution in [2.45, 2.75) is 18.7 Å². The second-order valence-corrected chi connectivity index (χ2v) is 7.66. The lowest BCUT2D eigenvalue weighted by atomic mass is 9.95. The number of ether oxygens (including phenoxy) is 2. The molecule has 0 saturated heterocycles. The first kappa shape index (κ1) is 19.1. The van der Waals surface area contributed by atoms with Gasteiger partial charge in [0.25, 0.3) is 5.69 Å². The number of hydrogen-bond acceptors (Lipinski definition) is 6. The fraction of sp³-hybridized carbons (Fsp3) is 0.167. The van der Waals surface area contributed by atoms with Crippen LogP contribution in [0.25, 0.3) is 5.70 Å². The minimum atomic E-state index is -0.876. The molecule has 156 valence electrons. The Bertz CT molecular complexity index is 1170. The van der Waals surface area contributed by atoms with E-state index >= 15 is 0 Å². The second-order valence-electron chi connectivity index (χ2n) is 7.66. The monoisotopic (exact) mass is 415 g/mol. The summed E-state index contributed by atoms with van der Waals surface area (Å²) in [7, 11) is 1.65. The van der Waals surface area contributed by atoms with E-state index in [0.29, 0.717) is 0 Å². The van der Waals surface area contributed by atoms with E-state index in [4.69, 9.17) is 9.47 Å². The third kappa shape index (κ3) is 3.10. The molecule has 0 aliphatic carbocycles. The zero-order chi connectivity index (χ0) is 21.6. The van der Waals surface area contributed by atoms with E-state index in [0.717, 1.165) is 33.9 Å². The molecule has 0 radical (unpaired) electrons. The molecule has 2 atom stereocenters. The highest BCUT2D eigenvalue weighted by atomic mass is 16.6. The Hall–Kier alpha value is -3.84. The number of nitro groups is 1. The molecule has 0 saturated carbocycles. The van der Waals surface area contributed by atoms with Gasteiger partial charge in [0.15, 0.2) is 0 Å². The molecule has 0 bridgehead atoms. The number of hydrazine groups is 1. The number of non-ortho nitro benzene ring substituents is 1. The summed E-state index contributed by atoms with van der Waals surface area (Å²) in [5.41, 5.74) is 6.53. The van der Waals surface area contributed by atoms with Crippen LogP contribution in [-0.4, -0.2) is 17.0 Å². The van der Waals surface area contributed by atoms with Crippen LogP contribution < -0.4 is 14.9 Å². The lowest BCUT2D eigenvalue weighted by Gasteiger charge is -2.46. The Morgan fingerprint density at radius 1 is 1.06 bits per heavy atom. The molecule has 7 nitrogen and oxygen atoms in total. The van der Waals surface area contributed by atoms with Crippen LogP contribution in [0.3, 0.4) is 0 Å². The number of rotatable bonds is 4. The fourth-order valence-electron chi connectivity index (χ4n) is 4.17. The molecule has 1 N–H and O–H groups in total. The van der Waals surface area contributed by atoms with Gasteiger partial charge in [0, 0.05) is 23.3 Å². The molecule has 5 rings (SSSR count). The summed E-state index contributed by atoms with van der Waals surface area (Å²) in [4.78, 5) is 10.7. The molecule has 0 amide bonds. The van der Waals surface area contributed by atoms with Crippen molar-refractivity contribution in [3.63, 3.8) is 0 Å². The van der Waals surface area contributed by atoms with E-state index in [9.17, 15) is 10.1 Å². The molecule has 2 aliphatic rings. The predicted octanol–water partition coefficient (Wildman–Crippen LogP) is 4.77. The van der Waals surface area contributed by atoms with Gasteiger partial charge < -0.3 is 14.9 Å². The van der Waals surface area contributed by atoms with Gasteiger partial charge in [-0.3, -0.25) is 10.1 Å². The number of benzene rings is 3. The quantitative estimate of drug-likeness (QED) is 0.489. The van der Waals surface area contributed by atoms with E-state index in [2.05, 4.69) is 22.6 Å². The summed E-state index contributed by atoms with van der Waals surface area (Å²) in [6, 6.07) is 22.3. The van der Waals surface area contributed by atoms with Gasteiger partial charge in [0.2, 0.25) is 5.72 Å². The highest BCUT2D eigenvalue weighted by Crippen LogP contribution is 2.48. The number of para-hydroxylation sites is 1. The second kappa shape index (κ2) is 7.14. The Morgan fingerprint density at radius 2 is 1.77 bits per heavy atom. The van der Waals surface area contributed by atoms with Crippen molar-refractivity contribution in [1.82, 2.24) is 10.4 Å². The molecular weight excluding hydrogens is 394 g/mol. The van der Waals surface area contributed by atoms with E-state index in [1.54, 1.807) is 19.2 Å². The molecule has 0 fully saturated rings. The highest BCUT2D eigenvalue weighted by molar-refractivity contribution is 5.68. The van der Waals surface area contributed by atoms with Crippen LogP contribution in [0, 0.1) is 10.1 Å². The lowest BCUT2D eigenvalue weighted by molar-refractivity contribution is -0.384. The van der Waals surface area contributed by atoms with Gasteiger partial charge in [-0.05, 0) is 61.0 Å². The van der Waals surface area contributed by atoms with E-state index < -0.39 is 10.6 Å². The van der Waals surface area contributed by atoms with Crippen molar-refractivity contribution < 1.29 is 14.4 Å². The van der Waals surface area contributed by atoms with Crippen LogP contribution >= 0.6 is 0 Å². The maximum atomic E-state index is 11.1.